The number of phenols is 1. The lowest BCUT2D eigenvalue weighted by molar-refractivity contribution is -0.274. The van der Waals surface area contributed by atoms with Crippen LogP contribution in [0.25, 0.3) is 11.1 Å². The number of hydrogen-bond donors (Lipinski definition) is 1. The van der Waals surface area contributed by atoms with Crippen molar-refractivity contribution in [2.75, 3.05) is 0 Å². The maximum absolute atomic E-state index is 12.0. The summed E-state index contributed by atoms with van der Waals surface area (Å²) in [6, 6.07) is 3.39. The molecule has 0 amide bonds. The van der Waals surface area contributed by atoms with E-state index < -0.39 is 12.1 Å². The molecule has 2 rings (SSSR count). The molecule has 1 aromatic heterocycles. The summed E-state index contributed by atoms with van der Waals surface area (Å²) in [6.45, 7) is 0. The molecule has 0 saturated carbocycles. The molecule has 7 heteroatoms. The Kier molecular flexibility index (Phi) is 2.90. The molecule has 0 aliphatic rings. The lowest BCUT2D eigenvalue weighted by Gasteiger charge is -2.10. The van der Waals surface area contributed by atoms with E-state index >= 15 is 0 Å². The summed E-state index contributed by atoms with van der Waals surface area (Å²) in [5, 5.41) is 13.6. The van der Waals surface area contributed by atoms with E-state index in [9.17, 15) is 18.3 Å². The Labute approximate surface area is 100 Å². The van der Waals surface area contributed by atoms with Crippen molar-refractivity contribution < 1.29 is 23.0 Å². The van der Waals surface area contributed by atoms with Crippen LogP contribution in [0.4, 0.5) is 13.2 Å². The van der Waals surface area contributed by atoms with Gasteiger partial charge in [-0.2, -0.15) is 5.10 Å². The fourth-order valence-corrected chi connectivity index (χ4v) is 1.51. The van der Waals surface area contributed by atoms with E-state index in [-0.39, 0.29) is 5.75 Å². The second kappa shape index (κ2) is 4.25. The summed E-state index contributed by atoms with van der Waals surface area (Å²) in [5.41, 5.74) is 0.992. The lowest BCUT2D eigenvalue weighted by Crippen LogP contribution is -2.16. The molecule has 1 heterocycles. The molecule has 0 bridgehead atoms. The fraction of sp³-hybridized carbons (Fsp3) is 0.182. The van der Waals surface area contributed by atoms with Gasteiger partial charge in [0.05, 0.1) is 6.20 Å². The van der Waals surface area contributed by atoms with Crippen LogP contribution >= 0.6 is 0 Å². The molecular formula is C11H9F3N2O2. The largest absolute Gasteiger partial charge is 0.573 e. The van der Waals surface area contributed by atoms with Crippen molar-refractivity contribution in [2.24, 2.45) is 7.05 Å². The first-order valence-corrected chi connectivity index (χ1v) is 4.93. The molecule has 0 aliphatic carbocycles. The topological polar surface area (TPSA) is 47.3 Å². The van der Waals surface area contributed by atoms with E-state index in [4.69, 9.17) is 0 Å². The summed E-state index contributed by atoms with van der Waals surface area (Å²) in [4.78, 5) is 0. The van der Waals surface area contributed by atoms with Gasteiger partial charge in [0.1, 0.15) is 11.5 Å². The molecule has 1 aromatic carbocycles. The quantitative estimate of drug-likeness (QED) is 0.900. The van der Waals surface area contributed by atoms with Crippen molar-refractivity contribution in [3.05, 3.63) is 30.6 Å². The highest BCUT2D eigenvalue weighted by Gasteiger charge is 2.31. The number of aryl methyl sites for hydroxylation is 1. The van der Waals surface area contributed by atoms with Crippen LogP contribution in [0.1, 0.15) is 0 Å². The fourth-order valence-electron chi connectivity index (χ4n) is 1.51. The summed E-state index contributed by atoms with van der Waals surface area (Å²) in [7, 11) is 1.70. The number of aromatic nitrogens is 2. The number of ether oxygens (including phenoxy) is 1. The number of aromatic hydroxyl groups is 1. The Morgan fingerprint density at radius 2 is 2.06 bits per heavy atom. The average Bonchev–Trinajstić information content (AvgIpc) is 2.62. The Balaban J connectivity index is 2.31. The van der Waals surface area contributed by atoms with E-state index in [1.807, 2.05) is 0 Å². The van der Waals surface area contributed by atoms with E-state index in [0.29, 0.717) is 11.1 Å². The third kappa shape index (κ3) is 2.73. The van der Waals surface area contributed by atoms with Gasteiger partial charge in [-0.05, 0) is 12.1 Å². The Bertz CT molecular complexity index is 564. The molecule has 0 unspecified atom stereocenters. The predicted octanol–water partition coefficient (Wildman–Crippen LogP) is 2.69. The molecule has 0 fully saturated rings. The van der Waals surface area contributed by atoms with E-state index in [0.717, 1.165) is 12.1 Å². The average molecular weight is 258 g/mol. The van der Waals surface area contributed by atoms with Crippen molar-refractivity contribution in [3.8, 4) is 22.6 Å². The molecule has 1 N–H and O–H groups in total. The minimum atomic E-state index is -4.78. The number of hydrogen-bond acceptors (Lipinski definition) is 3. The van der Waals surface area contributed by atoms with Crippen LogP contribution in [0.2, 0.25) is 0 Å². The first-order chi connectivity index (χ1) is 8.35. The van der Waals surface area contributed by atoms with Gasteiger partial charge in [0.15, 0.2) is 0 Å². The number of benzene rings is 1. The summed E-state index contributed by atoms with van der Waals surface area (Å²) in [5.74, 6) is -0.766. The highest BCUT2D eigenvalue weighted by Crippen LogP contribution is 2.33. The molecule has 96 valence electrons. The van der Waals surface area contributed by atoms with Gasteiger partial charge in [-0.15, -0.1) is 13.2 Å². The molecular weight excluding hydrogens is 249 g/mol. The third-order valence-electron chi connectivity index (χ3n) is 2.22. The Morgan fingerprint density at radius 3 is 2.56 bits per heavy atom. The zero-order valence-corrected chi connectivity index (χ0v) is 9.27. The van der Waals surface area contributed by atoms with Crippen LogP contribution in [0.15, 0.2) is 30.6 Å². The summed E-state index contributed by atoms with van der Waals surface area (Å²) < 4.78 is 41.2. The van der Waals surface area contributed by atoms with Gasteiger partial charge in [-0.25, -0.2) is 0 Å². The van der Waals surface area contributed by atoms with Crippen molar-refractivity contribution in [2.45, 2.75) is 6.36 Å². The van der Waals surface area contributed by atoms with Gasteiger partial charge in [-0.3, -0.25) is 4.68 Å². The minimum absolute atomic E-state index is 0.301. The monoisotopic (exact) mass is 258 g/mol. The van der Waals surface area contributed by atoms with Crippen LogP contribution in [-0.2, 0) is 7.05 Å². The normalized spacial score (nSPS) is 11.6. The van der Waals surface area contributed by atoms with Crippen molar-refractivity contribution in [3.63, 3.8) is 0 Å². The van der Waals surface area contributed by atoms with Crippen molar-refractivity contribution >= 4 is 0 Å². The highest BCUT2D eigenvalue weighted by molar-refractivity contribution is 5.69. The van der Waals surface area contributed by atoms with Crippen LogP contribution < -0.4 is 4.74 Å². The van der Waals surface area contributed by atoms with Gasteiger partial charge in [0, 0.05) is 30.4 Å². The zero-order chi connectivity index (χ0) is 13.3. The second-order valence-corrected chi connectivity index (χ2v) is 3.63. The molecule has 0 saturated heterocycles. The zero-order valence-electron chi connectivity index (χ0n) is 9.27. The number of nitrogens with zero attached hydrogens (tertiary/aromatic N) is 2. The first kappa shape index (κ1) is 12.3. The highest BCUT2D eigenvalue weighted by atomic mass is 19.4. The van der Waals surface area contributed by atoms with E-state index in [1.54, 1.807) is 13.2 Å². The smallest absolute Gasteiger partial charge is 0.507 e. The maximum atomic E-state index is 12.0. The number of alkyl halides is 3. The third-order valence-corrected chi connectivity index (χ3v) is 2.22. The van der Waals surface area contributed by atoms with Crippen LogP contribution in [0.5, 0.6) is 11.5 Å². The summed E-state index contributed by atoms with van der Waals surface area (Å²) >= 11 is 0. The number of rotatable bonds is 2. The second-order valence-electron chi connectivity index (χ2n) is 3.63. The minimum Gasteiger partial charge on any atom is -0.507 e. The summed E-state index contributed by atoms with van der Waals surface area (Å²) in [6.07, 6.45) is -1.64. The Morgan fingerprint density at radius 1 is 1.33 bits per heavy atom. The van der Waals surface area contributed by atoms with E-state index in [2.05, 4.69) is 9.84 Å². The lowest BCUT2D eigenvalue weighted by atomic mass is 10.1. The SMILES string of the molecule is Cn1cc(-c2ccc(OC(F)(F)F)cc2O)cn1. The van der Waals surface area contributed by atoms with Crippen LogP contribution in [0, 0.1) is 0 Å². The van der Waals surface area contributed by atoms with E-state index in [1.165, 1.54) is 16.9 Å². The molecule has 0 radical (unpaired) electrons. The van der Waals surface area contributed by atoms with Gasteiger partial charge >= 0.3 is 6.36 Å². The van der Waals surface area contributed by atoms with Crippen molar-refractivity contribution in [1.82, 2.24) is 9.78 Å². The molecule has 18 heavy (non-hydrogen) atoms. The maximum Gasteiger partial charge on any atom is 0.573 e. The van der Waals surface area contributed by atoms with Gasteiger partial charge < -0.3 is 9.84 Å². The molecule has 0 atom stereocenters. The van der Waals surface area contributed by atoms with Gasteiger partial charge in [0.2, 0.25) is 0 Å². The predicted molar refractivity (Wildman–Crippen MR) is 57.0 cm³/mol. The standard InChI is InChI=1S/C11H9F3N2O2/c1-16-6-7(5-15-16)9-3-2-8(4-10(9)17)18-11(12,13)14/h2-6,17H,1H3. The molecule has 4 nitrogen and oxygen atoms in total. The molecule has 0 aliphatic heterocycles. The molecule has 2 aromatic rings. The van der Waals surface area contributed by atoms with Crippen molar-refractivity contribution in [1.29, 1.82) is 0 Å². The van der Waals surface area contributed by atoms with Gasteiger partial charge in [-0.1, -0.05) is 0 Å². The first-order valence-electron chi connectivity index (χ1n) is 4.93. The van der Waals surface area contributed by atoms with Crippen LogP contribution in [-0.4, -0.2) is 21.2 Å². The molecule has 0 spiro atoms. The van der Waals surface area contributed by atoms with Crippen LogP contribution in [0.3, 0.4) is 0 Å². The van der Waals surface area contributed by atoms with Gasteiger partial charge in [0.25, 0.3) is 0 Å². The Hall–Kier alpha value is -2.18. The number of halogens is 3. The number of phenolic OH excluding ortho intramolecular Hbond substituents is 1.